The molecule has 0 aliphatic rings. The van der Waals surface area contributed by atoms with Crippen LogP contribution in [0.5, 0.6) is 5.75 Å². The van der Waals surface area contributed by atoms with Gasteiger partial charge in [0.1, 0.15) is 11.6 Å². The highest BCUT2D eigenvalue weighted by Gasteiger charge is 2.23. The molecule has 282 valence electrons. The molecule has 58 heavy (non-hydrogen) atoms. The minimum absolute atomic E-state index is 0.128. The lowest BCUT2D eigenvalue weighted by atomic mass is 9.83. The lowest BCUT2D eigenvalue weighted by molar-refractivity contribution is 0.477. The number of nitrogens with zero attached hydrogens (tertiary/aromatic N) is 3. The fourth-order valence-electron chi connectivity index (χ4n) is 7.94. The van der Waals surface area contributed by atoms with Crippen LogP contribution in [0.25, 0.3) is 83.9 Å². The Kier molecular flexibility index (Phi) is 9.34. The van der Waals surface area contributed by atoms with E-state index in [1.807, 2.05) is 36.5 Å². The molecule has 7 aromatic carbocycles. The lowest BCUT2D eigenvalue weighted by Gasteiger charge is -2.22. The number of imidazole rings is 1. The van der Waals surface area contributed by atoms with Gasteiger partial charge in [0.25, 0.3) is 0 Å². The van der Waals surface area contributed by atoms with Gasteiger partial charge in [0, 0.05) is 23.0 Å². The zero-order valence-corrected chi connectivity index (χ0v) is 33.5. The fraction of sp³-hybridized carbons (Fsp3) is 0.111. The first-order valence-corrected chi connectivity index (χ1v) is 19.9. The number of aryl methyl sites for hydroxylation is 1. The largest absolute Gasteiger partial charge is 0.507 e. The Balaban J connectivity index is 1.21. The molecule has 0 saturated heterocycles. The van der Waals surface area contributed by atoms with Crippen molar-refractivity contribution in [2.45, 2.75) is 40.0 Å². The summed E-state index contributed by atoms with van der Waals surface area (Å²) in [6.45, 7) is 11.1. The number of hydrogen-bond acceptors (Lipinski definition) is 3. The van der Waals surface area contributed by atoms with E-state index in [9.17, 15) is 5.11 Å². The highest BCUT2D eigenvalue weighted by molar-refractivity contribution is 5.97. The van der Waals surface area contributed by atoms with E-state index in [0.717, 1.165) is 55.8 Å². The Labute approximate surface area is 340 Å². The molecule has 1 N–H and O–H groups in total. The molecule has 0 fully saturated rings. The molecule has 9 aromatic rings. The van der Waals surface area contributed by atoms with Crippen LogP contribution >= 0.6 is 0 Å². The summed E-state index contributed by atoms with van der Waals surface area (Å²) in [6, 6.07) is 59.2. The van der Waals surface area contributed by atoms with Crippen LogP contribution in [0.1, 0.15) is 37.5 Å². The zero-order chi connectivity index (χ0) is 40.0. The van der Waals surface area contributed by atoms with Gasteiger partial charge in [-0.3, -0.25) is 9.55 Å². The molecule has 0 amide bonds. The minimum Gasteiger partial charge on any atom is -0.507 e. The van der Waals surface area contributed by atoms with Gasteiger partial charge in [0.15, 0.2) is 0 Å². The molecule has 0 spiro atoms. The Hall–Kier alpha value is -7.04. The van der Waals surface area contributed by atoms with Crippen molar-refractivity contribution in [2.24, 2.45) is 0 Å². The van der Waals surface area contributed by atoms with E-state index < -0.39 is 0 Å². The average Bonchev–Trinajstić information content (AvgIpc) is 3.65. The second-order valence-corrected chi connectivity index (χ2v) is 16.2. The van der Waals surface area contributed by atoms with E-state index in [2.05, 4.69) is 173 Å². The number of fused-ring (bicyclic) bond motifs is 1. The van der Waals surface area contributed by atoms with Gasteiger partial charge in [-0.25, -0.2) is 4.98 Å². The van der Waals surface area contributed by atoms with Crippen molar-refractivity contribution >= 4 is 11.0 Å². The third-order valence-corrected chi connectivity index (χ3v) is 11.3. The van der Waals surface area contributed by atoms with Gasteiger partial charge in [-0.2, -0.15) is 0 Å². The summed E-state index contributed by atoms with van der Waals surface area (Å²) in [5.74, 6) is 0.869. The number of aromatic nitrogens is 3. The van der Waals surface area contributed by atoms with E-state index in [1.165, 1.54) is 33.4 Å². The lowest BCUT2D eigenvalue weighted by Crippen LogP contribution is -2.11. The molecule has 2 aromatic heterocycles. The first-order chi connectivity index (χ1) is 28.1. The summed E-state index contributed by atoms with van der Waals surface area (Å²) in [5, 5.41) is 11.3. The van der Waals surface area contributed by atoms with Crippen LogP contribution in [0, 0.1) is 13.8 Å². The van der Waals surface area contributed by atoms with Gasteiger partial charge in [-0.1, -0.05) is 136 Å². The first kappa shape index (κ1) is 36.6. The van der Waals surface area contributed by atoms with Crippen molar-refractivity contribution < 1.29 is 5.11 Å². The minimum atomic E-state index is -0.128. The summed E-state index contributed by atoms with van der Waals surface area (Å²) < 4.78 is 2.20. The topological polar surface area (TPSA) is 50.9 Å². The third-order valence-electron chi connectivity index (χ3n) is 11.3. The summed E-state index contributed by atoms with van der Waals surface area (Å²) >= 11 is 0. The number of aromatic hydroxyl groups is 1. The van der Waals surface area contributed by atoms with Crippen LogP contribution in [0.3, 0.4) is 0 Å². The van der Waals surface area contributed by atoms with Gasteiger partial charge in [-0.15, -0.1) is 0 Å². The number of phenols is 1. The molecule has 0 unspecified atom stereocenters. The highest BCUT2D eigenvalue weighted by atomic mass is 16.3. The quantitative estimate of drug-likeness (QED) is 0.176. The summed E-state index contributed by atoms with van der Waals surface area (Å²) in [6.07, 6.45) is 1.91. The van der Waals surface area contributed by atoms with Crippen molar-refractivity contribution in [1.82, 2.24) is 14.5 Å². The number of para-hydroxylation sites is 2. The van der Waals surface area contributed by atoms with Crippen molar-refractivity contribution in [1.29, 1.82) is 0 Å². The van der Waals surface area contributed by atoms with Gasteiger partial charge >= 0.3 is 0 Å². The van der Waals surface area contributed by atoms with E-state index >= 15 is 0 Å². The predicted octanol–water partition coefficient (Wildman–Crippen LogP) is 14.0. The van der Waals surface area contributed by atoms with E-state index in [1.54, 1.807) is 6.07 Å². The number of rotatable bonds is 7. The molecule has 2 heterocycles. The molecular formula is C54H45N3O. The maximum absolute atomic E-state index is 11.3. The van der Waals surface area contributed by atoms with Crippen molar-refractivity contribution in [3.8, 4) is 78.6 Å². The van der Waals surface area contributed by atoms with Crippen molar-refractivity contribution in [3.05, 3.63) is 193 Å². The molecule has 0 aliphatic carbocycles. The van der Waals surface area contributed by atoms with Crippen LogP contribution in [0.15, 0.2) is 176 Å². The van der Waals surface area contributed by atoms with Gasteiger partial charge in [-0.05, 0) is 129 Å². The van der Waals surface area contributed by atoms with E-state index in [-0.39, 0.29) is 11.2 Å². The summed E-state index contributed by atoms with van der Waals surface area (Å²) in [5.41, 5.74) is 18.0. The highest BCUT2D eigenvalue weighted by Crippen LogP contribution is 2.41. The Morgan fingerprint density at radius 1 is 0.500 bits per heavy atom. The maximum Gasteiger partial charge on any atom is 0.149 e. The molecule has 9 rings (SSSR count). The van der Waals surface area contributed by atoms with Crippen LogP contribution in [-0.2, 0) is 5.41 Å². The zero-order valence-electron chi connectivity index (χ0n) is 33.5. The maximum atomic E-state index is 11.3. The van der Waals surface area contributed by atoms with Crippen LogP contribution < -0.4 is 0 Å². The summed E-state index contributed by atoms with van der Waals surface area (Å²) in [4.78, 5) is 10.3. The van der Waals surface area contributed by atoms with Crippen molar-refractivity contribution in [3.63, 3.8) is 0 Å². The molecule has 0 saturated carbocycles. The first-order valence-electron chi connectivity index (χ1n) is 19.9. The summed E-state index contributed by atoms with van der Waals surface area (Å²) in [7, 11) is 0. The number of phenolic OH excluding ortho intramolecular Hbond substituents is 1. The number of pyridine rings is 1. The molecule has 4 heteroatoms. The second kappa shape index (κ2) is 14.8. The van der Waals surface area contributed by atoms with Gasteiger partial charge < -0.3 is 5.11 Å². The third kappa shape index (κ3) is 6.88. The Bertz CT molecular complexity index is 2940. The van der Waals surface area contributed by atoms with Crippen LogP contribution in [-0.4, -0.2) is 19.6 Å². The monoisotopic (exact) mass is 751 g/mol. The standard InChI is InChI=1S/C54H45N3O/c1-35-29-45(34-48(36(35)2)40-17-10-7-11-18-40)57-50-21-14-20-46(52(50)56-53(57)47-19-12-13-22-51(47)58)42-30-43(32-44(31-42)54(3,4)5)49-33-41(27-28-55-49)39-25-23-38(24-26-39)37-15-8-6-9-16-37/h6-34,58H,1-5H3. The molecule has 4 nitrogen and oxygen atoms in total. The van der Waals surface area contributed by atoms with Crippen LogP contribution in [0.2, 0.25) is 0 Å². The Morgan fingerprint density at radius 3 is 1.83 bits per heavy atom. The SMILES string of the molecule is Cc1cc(-n2c(-c3ccccc3O)nc3c(-c4cc(-c5cc(-c6ccc(-c7ccccc7)cc6)ccn5)cc(C(C)(C)C)c4)cccc32)cc(-c2ccccc2)c1C. The molecule has 0 bridgehead atoms. The molecule has 0 atom stereocenters. The predicted molar refractivity (Wildman–Crippen MR) is 241 cm³/mol. The second-order valence-electron chi connectivity index (χ2n) is 16.2. The molecule has 0 aliphatic heterocycles. The number of hydrogen-bond donors (Lipinski definition) is 1. The van der Waals surface area contributed by atoms with Gasteiger partial charge in [0.2, 0.25) is 0 Å². The number of benzene rings is 7. The fourth-order valence-corrected chi connectivity index (χ4v) is 7.94. The van der Waals surface area contributed by atoms with Crippen LogP contribution in [0.4, 0.5) is 0 Å². The average molecular weight is 752 g/mol. The smallest absolute Gasteiger partial charge is 0.149 e. The molecular weight excluding hydrogens is 707 g/mol. The van der Waals surface area contributed by atoms with Gasteiger partial charge in [0.05, 0.1) is 22.3 Å². The Morgan fingerprint density at radius 2 is 1.12 bits per heavy atom. The molecule has 0 radical (unpaired) electrons. The van der Waals surface area contributed by atoms with Crippen molar-refractivity contribution in [2.75, 3.05) is 0 Å². The van der Waals surface area contributed by atoms with E-state index in [0.29, 0.717) is 11.4 Å². The van der Waals surface area contributed by atoms with E-state index in [4.69, 9.17) is 9.97 Å². The normalized spacial score (nSPS) is 11.6.